The van der Waals surface area contributed by atoms with Gasteiger partial charge in [-0.05, 0) is 6.07 Å². The van der Waals surface area contributed by atoms with E-state index in [9.17, 15) is 0 Å². The van der Waals surface area contributed by atoms with Crippen LogP contribution >= 0.6 is 0 Å². The number of aromatic nitrogens is 2. The lowest BCUT2D eigenvalue weighted by Gasteiger charge is -1.89. The summed E-state index contributed by atoms with van der Waals surface area (Å²) in [6.07, 6.45) is 1.73. The summed E-state index contributed by atoms with van der Waals surface area (Å²) in [6.45, 7) is 0.386. The first kappa shape index (κ1) is 5.11. The molecule has 0 spiro atoms. The van der Waals surface area contributed by atoms with E-state index < -0.39 is 0 Å². The van der Waals surface area contributed by atoms with Crippen LogP contribution in [0.4, 0.5) is 5.82 Å². The van der Waals surface area contributed by atoms with Gasteiger partial charge in [-0.1, -0.05) is 0 Å². The molecule has 0 aliphatic heterocycles. The second kappa shape index (κ2) is 1.83. The van der Waals surface area contributed by atoms with Crippen molar-refractivity contribution in [3.63, 3.8) is 0 Å². The van der Waals surface area contributed by atoms with Crippen LogP contribution in [-0.4, -0.2) is 9.78 Å². The predicted octanol–water partition coefficient (Wildman–Crippen LogP) is -0.619. The van der Waals surface area contributed by atoms with Gasteiger partial charge in [-0.2, -0.15) is 5.10 Å². The molecule has 1 aromatic heterocycles. The molecule has 0 atom stereocenters. The van der Waals surface area contributed by atoms with E-state index in [-0.39, 0.29) is 0 Å². The van der Waals surface area contributed by atoms with E-state index in [2.05, 4.69) is 5.10 Å². The maximum Gasteiger partial charge on any atom is 0.145 e. The third kappa shape index (κ3) is 0.788. The smallest absolute Gasteiger partial charge is 0.145 e. The highest BCUT2D eigenvalue weighted by atomic mass is 15.3. The van der Waals surface area contributed by atoms with Crippen molar-refractivity contribution in [1.29, 1.82) is 0 Å². The molecule has 0 fully saturated rings. The summed E-state index contributed by atoms with van der Waals surface area (Å²) >= 11 is 0. The molecule has 1 heterocycles. The molecule has 0 aromatic carbocycles. The molecule has 0 saturated heterocycles. The Hall–Kier alpha value is -1.03. The number of hydrogen-bond acceptors (Lipinski definition) is 3. The molecular formula is C4H8N4. The van der Waals surface area contributed by atoms with E-state index in [0.717, 1.165) is 0 Å². The number of anilines is 1. The zero-order valence-corrected chi connectivity index (χ0v) is 4.41. The molecular weight excluding hydrogens is 104 g/mol. The highest BCUT2D eigenvalue weighted by molar-refractivity contribution is 5.23. The maximum absolute atomic E-state index is 5.27. The molecule has 0 aliphatic carbocycles. The molecule has 0 unspecified atom stereocenters. The third-order valence-corrected chi connectivity index (χ3v) is 0.848. The van der Waals surface area contributed by atoms with Crippen molar-refractivity contribution in [3.05, 3.63) is 12.3 Å². The predicted molar refractivity (Wildman–Crippen MR) is 30.8 cm³/mol. The Balaban J connectivity index is 2.84. The highest BCUT2D eigenvalue weighted by Gasteiger charge is 1.86. The lowest BCUT2D eigenvalue weighted by Crippen LogP contribution is -2.07. The first-order valence-corrected chi connectivity index (χ1v) is 2.32. The van der Waals surface area contributed by atoms with Gasteiger partial charge in [0.15, 0.2) is 0 Å². The fourth-order valence-corrected chi connectivity index (χ4v) is 0.479. The van der Waals surface area contributed by atoms with E-state index in [1.807, 2.05) is 0 Å². The van der Waals surface area contributed by atoms with Crippen LogP contribution in [0, 0.1) is 0 Å². The van der Waals surface area contributed by atoms with Crippen molar-refractivity contribution in [2.24, 2.45) is 5.73 Å². The fraction of sp³-hybridized carbons (Fsp3) is 0.250. The van der Waals surface area contributed by atoms with Crippen LogP contribution in [0.25, 0.3) is 0 Å². The number of nitrogen functional groups attached to an aromatic ring is 1. The SMILES string of the molecule is NCn1ccc(N)n1. The van der Waals surface area contributed by atoms with Crippen LogP contribution in [0.5, 0.6) is 0 Å². The van der Waals surface area contributed by atoms with Crippen LogP contribution in [0.2, 0.25) is 0 Å². The Bertz CT molecular complexity index is 168. The molecule has 0 radical (unpaired) electrons. The van der Waals surface area contributed by atoms with Crippen LogP contribution in [0.1, 0.15) is 0 Å². The van der Waals surface area contributed by atoms with Gasteiger partial charge < -0.3 is 11.5 Å². The van der Waals surface area contributed by atoms with E-state index in [1.54, 1.807) is 16.9 Å². The molecule has 0 amide bonds. The van der Waals surface area contributed by atoms with Crippen LogP contribution in [0.3, 0.4) is 0 Å². The summed E-state index contributed by atoms with van der Waals surface area (Å²) < 4.78 is 1.56. The molecule has 44 valence electrons. The lowest BCUT2D eigenvalue weighted by atomic mass is 10.7. The minimum atomic E-state index is 0.386. The average Bonchev–Trinajstić information content (AvgIpc) is 2.14. The number of hydrogen-bond donors (Lipinski definition) is 2. The second-order valence-electron chi connectivity index (χ2n) is 1.46. The van der Waals surface area contributed by atoms with Crippen molar-refractivity contribution in [1.82, 2.24) is 9.78 Å². The quantitative estimate of drug-likeness (QED) is 0.508. The van der Waals surface area contributed by atoms with Crippen LogP contribution in [-0.2, 0) is 6.67 Å². The summed E-state index contributed by atoms with van der Waals surface area (Å²) in [5.74, 6) is 0.510. The zero-order chi connectivity index (χ0) is 5.98. The Labute approximate surface area is 47.1 Å². The summed E-state index contributed by atoms with van der Waals surface area (Å²) in [7, 11) is 0. The second-order valence-corrected chi connectivity index (χ2v) is 1.46. The molecule has 4 nitrogen and oxygen atoms in total. The normalized spacial score (nSPS) is 9.62. The number of nitrogens with two attached hydrogens (primary N) is 2. The monoisotopic (exact) mass is 112 g/mol. The summed E-state index contributed by atoms with van der Waals surface area (Å²) in [4.78, 5) is 0. The van der Waals surface area contributed by atoms with Gasteiger partial charge in [0.2, 0.25) is 0 Å². The van der Waals surface area contributed by atoms with E-state index in [1.165, 1.54) is 0 Å². The first-order chi connectivity index (χ1) is 3.83. The first-order valence-electron chi connectivity index (χ1n) is 2.32. The molecule has 1 aromatic rings. The van der Waals surface area contributed by atoms with E-state index in [4.69, 9.17) is 11.5 Å². The summed E-state index contributed by atoms with van der Waals surface area (Å²) in [5.41, 5.74) is 10.5. The van der Waals surface area contributed by atoms with Gasteiger partial charge in [0.05, 0.1) is 6.67 Å². The fourth-order valence-electron chi connectivity index (χ4n) is 0.479. The Morgan fingerprint density at radius 3 is 2.75 bits per heavy atom. The number of nitrogens with zero attached hydrogens (tertiary/aromatic N) is 2. The van der Waals surface area contributed by atoms with Gasteiger partial charge >= 0.3 is 0 Å². The molecule has 8 heavy (non-hydrogen) atoms. The Kier molecular flexibility index (Phi) is 1.17. The van der Waals surface area contributed by atoms with Crippen molar-refractivity contribution in [2.75, 3.05) is 5.73 Å². The molecule has 0 aliphatic rings. The van der Waals surface area contributed by atoms with Gasteiger partial charge in [0, 0.05) is 6.20 Å². The van der Waals surface area contributed by atoms with Crippen molar-refractivity contribution in [2.45, 2.75) is 6.67 Å². The minimum Gasteiger partial charge on any atom is -0.382 e. The molecule has 4 heteroatoms. The Morgan fingerprint density at radius 1 is 1.75 bits per heavy atom. The van der Waals surface area contributed by atoms with E-state index in [0.29, 0.717) is 12.5 Å². The topological polar surface area (TPSA) is 69.9 Å². The van der Waals surface area contributed by atoms with E-state index >= 15 is 0 Å². The molecule has 4 N–H and O–H groups in total. The third-order valence-electron chi connectivity index (χ3n) is 0.848. The van der Waals surface area contributed by atoms with Gasteiger partial charge in [-0.25, -0.2) is 0 Å². The van der Waals surface area contributed by atoms with Crippen LogP contribution in [0.15, 0.2) is 12.3 Å². The molecule has 0 saturated carbocycles. The molecule has 0 bridgehead atoms. The average molecular weight is 112 g/mol. The van der Waals surface area contributed by atoms with Gasteiger partial charge in [-0.3, -0.25) is 4.68 Å². The lowest BCUT2D eigenvalue weighted by molar-refractivity contribution is 0.641. The van der Waals surface area contributed by atoms with Crippen molar-refractivity contribution >= 4 is 5.82 Å². The summed E-state index contributed by atoms with van der Waals surface area (Å²) in [5, 5.41) is 3.80. The summed E-state index contributed by atoms with van der Waals surface area (Å²) in [6, 6.07) is 1.70. The zero-order valence-electron chi connectivity index (χ0n) is 4.41. The maximum atomic E-state index is 5.27. The van der Waals surface area contributed by atoms with Gasteiger partial charge in [-0.15, -0.1) is 0 Å². The highest BCUT2D eigenvalue weighted by Crippen LogP contribution is 1.92. The number of rotatable bonds is 1. The van der Waals surface area contributed by atoms with Crippen molar-refractivity contribution < 1.29 is 0 Å². The standard InChI is InChI=1S/C4H8N4/c5-3-8-2-1-4(6)7-8/h1-2H,3,5H2,(H2,6,7). The Morgan fingerprint density at radius 2 is 2.50 bits per heavy atom. The minimum absolute atomic E-state index is 0.386. The van der Waals surface area contributed by atoms with Gasteiger partial charge in [0.1, 0.15) is 5.82 Å². The largest absolute Gasteiger partial charge is 0.382 e. The molecule has 1 rings (SSSR count). The van der Waals surface area contributed by atoms with Crippen LogP contribution < -0.4 is 11.5 Å². The van der Waals surface area contributed by atoms with Crippen molar-refractivity contribution in [3.8, 4) is 0 Å². The van der Waals surface area contributed by atoms with Gasteiger partial charge in [0.25, 0.3) is 0 Å².